The first-order chi connectivity index (χ1) is 13.0. The molecule has 6 nitrogen and oxygen atoms in total. The maximum atomic E-state index is 12.7. The molecule has 2 atom stereocenters. The van der Waals surface area contributed by atoms with Crippen LogP contribution in [0, 0.1) is 5.92 Å². The topological polar surface area (TPSA) is 84.5 Å². The summed E-state index contributed by atoms with van der Waals surface area (Å²) >= 11 is 1.43. The van der Waals surface area contributed by atoms with Crippen molar-refractivity contribution >= 4 is 29.2 Å². The van der Waals surface area contributed by atoms with E-state index in [0.717, 1.165) is 19.3 Å². The predicted molar refractivity (Wildman–Crippen MR) is 103 cm³/mol. The molecule has 142 valence electrons. The number of rotatable bonds is 4. The summed E-state index contributed by atoms with van der Waals surface area (Å²) in [5.41, 5.74) is 1.69. The monoisotopic (exact) mass is 386 g/mol. The fraction of sp³-hybridized carbons (Fsp3) is 0.350. The zero-order valence-corrected chi connectivity index (χ0v) is 16.1. The van der Waals surface area contributed by atoms with Crippen molar-refractivity contribution in [3.8, 4) is 0 Å². The maximum Gasteiger partial charge on any atom is 0.349 e. The van der Waals surface area contributed by atoms with Crippen LogP contribution in [0.25, 0.3) is 0 Å². The number of hydrogen-bond donors (Lipinski definition) is 2. The molecule has 1 aromatic carbocycles. The number of thiophene rings is 1. The van der Waals surface area contributed by atoms with Crippen molar-refractivity contribution in [1.29, 1.82) is 0 Å². The molecule has 0 fully saturated rings. The molecular formula is C20H22N2O4S. The van der Waals surface area contributed by atoms with Crippen molar-refractivity contribution < 1.29 is 19.1 Å². The molecule has 7 heteroatoms. The Kier molecular flexibility index (Phi) is 5.91. The number of nitrogens with one attached hydrogen (secondary N) is 2. The van der Waals surface area contributed by atoms with Crippen molar-refractivity contribution in [2.75, 3.05) is 7.05 Å². The lowest BCUT2D eigenvalue weighted by atomic mass is 9.90. The van der Waals surface area contributed by atoms with Crippen molar-refractivity contribution in [3.05, 3.63) is 57.3 Å². The Balaban J connectivity index is 1.80. The summed E-state index contributed by atoms with van der Waals surface area (Å²) in [6.07, 6.45) is 1.84. The predicted octanol–water partition coefficient (Wildman–Crippen LogP) is 3.23. The molecule has 1 heterocycles. The number of amides is 3. The second kappa shape index (κ2) is 8.35. The first-order valence-electron chi connectivity index (χ1n) is 8.88. The van der Waals surface area contributed by atoms with Crippen LogP contribution in [0.5, 0.6) is 0 Å². The molecule has 0 spiro atoms. The first kappa shape index (κ1) is 19.1. The highest BCUT2D eigenvalue weighted by atomic mass is 32.1. The van der Waals surface area contributed by atoms with Crippen LogP contribution < -0.4 is 10.6 Å². The maximum absolute atomic E-state index is 12.7. The lowest BCUT2D eigenvalue weighted by Gasteiger charge is -2.17. The highest BCUT2D eigenvalue weighted by Gasteiger charge is 2.28. The average molecular weight is 386 g/mol. The Hall–Kier alpha value is -2.67. The van der Waals surface area contributed by atoms with Gasteiger partial charge in [0.05, 0.1) is 0 Å². The van der Waals surface area contributed by atoms with E-state index < -0.39 is 24.0 Å². The van der Waals surface area contributed by atoms with Crippen LogP contribution in [0.15, 0.2) is 36.4 Å². The average Bonchev–Trinajstić information content (AvgIpc) is 3.09. The zero-order valence-electron chi connectivity index (χ0n) is 15.3. The third kappa shape index (κ3) is 4.54. The molecule has 1 aromatic heterocycles. The van der Waals surface area contributed by atoms with Gasteiger partial charge in [0.2, 0.25) is 6.10 Å². The fourth-order valence-electron chi connectivity index (χ4n) is 3.11. The number of carbonyl (C=O) groups excluding carboxylic acids is 3. The SMILES string of the molecule is CNC(=O)NC(=O)[C@@H](OC(=O)c1cc2c(s1)CC[C@H](C)C2)c1ccccc1. The molecule has 0 saturated carbocycles. The molecule has 0 bridgehead atoms. The molecule has 1 aliphatic rings. The second-order valence-electron chi connectivity index (χ2n) is 6.67. The van der Waals surface area contributed by atoms with Crippen LogP contribution in [0.2, 0.25) is 0 Å². The molecule has 3 amide bonds. The summed E-state index contributed by atoms with van der Waals surface area (Å²) in [7, 11) is 1.41. The Labute approximate surface area is 161 Å². The highest BCUT2D eigenvalue weighted by Crippen LogP contribution is 2.33. The first-order valence-corrected chi connectivity index (χ1v) is 9.69. The Morgan fingerprint density at radius 3 is 2.67 bits per heavy atom. The summed E-state index contributed by atoms with van der Waals surface area (Å²) in [5, 5.41) is 4.49. The van der Waals surface area contributed by atoms with Crippen LogP contribution in [0.3, 0.4) is 0 Å². The van der Waals surface area contributed by atoms with Crippen molar-refractivity contribution in [1.82, 2.24) is 10.6 Å². The van der Waals surface area contributed by atoms with Gasteiger partial charge in [0, 0.05) is 17.5 Å². The summed E-state index contributed by atoms with van der Waals surface area (Å²) in [5.74, 6) is -0.641. The van der Waals surface area contributed by atoms with E-state index in [1.165, 1.54) is 28.8 Å². The summed E-state index contributed by atoms with van der Waals surface area (Å²) < 4.78 is 5.51. The van der Waals surface area contributed by atoms with Crippen molar-refractivity contribution in [2.45, 2.75) is 32.3 Å². The molecule has 3 rings (SSSR count). The van der Waals surface area contributed by atoms with Gasteiger partial charge in [0.1, 0.15) is 4.88 Å². The van der Waals surface area contributed by atoms with Crippen LogP contribution >= 0.6 is 11.3 Å². The van der Waals surface area contributed by atoms with Crippen LogP contribution in [0.4, 0.5) is 4.79 Å². The Morgan fingerprint density at radius 1 is 1.22 bits per heavy atom. The van der Waals surface area contributed by atoms with Gasteiger partial charge in [0.15, 0.2) is 0 Å². The number of esters is 1. The van der Waals surface area contributed by atoms with Gasteiger partial charge in [0.25, 0.3) is 5.91 Å². The minimum Gasteiger partial charge on any atom is -0.443 e. The van der Waals surface area contributed by atoms with E-state index in [1.54, 1.807) is 30.3 Å². The Morgan fingerprint density at radius 2 is 1.96 bits per heavy atom. The number of carbonyl (C=O) groups is 3. The minimum absolute atomic E-state index is 0.489. The highest BCUT2D eigenvalue weighted by molar-refractivity contribution is 7.14. The molecule has 2 N–H and O–H groups in total. The number of ether oxygens (including phenoxy) is 1. The Bertz CT molecular complexity index is 847. The molecule has 27 heavy (non-hydrogen) atoms. The fourth-order valence-corrected chi connectivity index (χ4v) is 4.20. The number of benzene rings is 1. The van der Waals surface area contributed by atoms with E-state index in [4.69, 9.17) is 4.74 Å². The number of urea groups is 1. The van der Waals surface area contributed by atoms with Gasteiger partial charge in [-0.3, -0.25) is 10.1 Å². The van der Waals surface area contributed by atoms with E-state index in [2.05, 4.69) is 17.6 Å². The van der Waals surface area contributed by atoms with Gasteiger partial charge >= 0.3 is 12.0 Å². The third-order valence-electron chi connectivity index (χ3n) is 4.56. The normalized spacial score (nSPS) is 16.7. The van der Waals surface area contributed by atoms with Gasteiger partial charge in [-0.25, -0.2) is 9.59 Å². The van der Waals surface area contributed by atoms with Gasteiger partial charge in [-0.05, 0) is 36.8 Å². The second-order valence-corrected chi connectivity index (χ2v) is 7.81. The van der Waals surface area contributed by atoms with Crippen molar-refractivity contribution in [3.63, 3.8) is 0 Å². The van der Waals surface area contributed by atoms with Gasteiger partial charge in [-0.2, -0.15) is 0 Å². The van der Waals surface area contributed by atoms with Crippen LogP contribution in [0.1, 0.15) is 45.1 Å². The zero-order chi connectivity index (χ0) is 19.4. The lowest BCUT2D eigenvalue weighted by molar-refractivity contribution is -0.129. The van der Waals surface area contributed by atoms with Crippen molar-refractivity contribution in [2.24, 2.45) is 5.92 Å². The van der Waals surface area contributed by atoms with Gasteiger partial charge in [-0.15, -0.1) is 11.3 Å². The molecular weight excluding hydrogens is 364 g/mol. The summed E-state index contributed by atoms with van der Waals surface area (Å²) in [6.45, 7) is 2.20. The van der Waals surface area contributed by atoms with E-state index in [0.29, 0.717) is 16.4 Å². The molecule has 0 radical (unpaired) electrons. The van der Waals surface area contributed by atoms with E-state index in [1.807, 2.05) is 6.07 Å². The van der Waals surface area contributed by atoms with Crippen LogP contribution in [-0.4, -0.2) is 25.0 Å². The van der Waals surface area contributed by atoms with Crippen LogP contribution in [-0.2, 0) is 22.4 Å². The number of fused-ring (bicyclic) bond motifs is 1. The molecule has 2 aromatic rings. The molecule has 1 aliphatic carbocycles. The number of imide groups is 1. The smallest absolute Gasteiger partial charge is 0.349 e. The molecule has 0 aliphatic heterocycles. The molecule has 0 saturated heterocycles. The summed E-state index contributed by atoms with van der Waals surface area (Å²) in [4.78, 5) is 38.4. The molecule has 0 unspecified atom stereocenters. The van der Waals surface area contributed by atoms with E-state index >= 15 is 0 Å². The number of hydrogen-bond acceptors (Lipinski definition) is 5. The van der Waals surface area contributed by atoms with Gasteiger partial charge in [-0.1, -0.05) is 37.3 Å². The summed E-state index contributed by atoms with van der Waals surface area (Å²) in [6, 6.07) is 9.87. The largest absolute Gasteiger partial charge is 0.443 e. The quantitative estimate of drug-likeness (QED) is 0.790. The number of aryl methyl sites for hydroxylation is 1. The standard InChI is InChI=1S/C20H22N2O4S/c1-12-8-9-15-14(10-12)11-16(27-15)19(24)26-17(13-6-4-3-5-7-13)18(23)22-20(25)21-2/h3-7,11-12,17H,8-10H2,1-2H3,(H2,21,22,23,25)/t12-,17-/m0/s1. The van der Waals surface area contributed by atoms with E-state index in [-0.39, 0.29) is 0 Å². The lowest BCUT2D eigenvalue weighted by Crippen LogP contribution is -2.41. The minimum atomic E-state index is -1.20. The van der Waals surface area contributed by atoms with Gasteiger partial charge < -0.3 is 10.1 Å². The third-order valence-corrected chi connectivity index (χ3v) is 5.78. The van der Waals surface area contributed by atoms with E-state index in [9.17, 15) is 14.4 Å².